The first-order valence-electron chi connectivity index (χ1n) is 9.46. The number of ether oxygens (including phenoxy) is 1. The average molecular weight is 489 g/mol. The lowest BCUT2D eigenvalue weighted by molar-refractivity contribution is -0.119. The van der Waals surface area contributed by atoms with Gasteiger partial charge in [0, 0.05) is 18.8 Å². The molecule has 1 amide bonds. The summed E-state index contributed by atoms with van der Waals surface area (Å²) < 4.78 is 34.7. The van der Waals surface area contributed by atoms with Crippen LogP contribution in [0.15, 0.2) is 48.7 Å². The minimum Gasteiger partial charge on any atom is -0.435 e. The molecule has 0 spiro atoms. The molecule has 0 atom stereocenters. The van der Waals surface area contributed by atoms with Crippen molar-refractivity contribution in [2.45, 2.75) is 6.42 Å². The highest BCUT2D eigenvalue weighted by atomic mass is 35.5. The maximum atomic E-state index is 14.7. The number of nitrogens with one attached hydrogen (secondary N) is 2. The zero-order valence-corrected chi connectivity index (χ0v) is 18.5. The van der Waals surface area contributed by atoms with Gasteiger partial charge in [0.1, 0.15) is 11.2 Å². The van der Waals surface area contributed by atoms with Gasteiger partial charge in [-0.2, -0.15) is 15.1 Å². The van der Waals surface area contributed by atoms with Crippen molar-refractivity contribution in [3.8, 4) is 11.6 Å². The molecule has 168 valence electrons. The molecule has 0 saturated carbocycles. The Hall–Kier alpha value is -3.70. The zero-order chi connectivity index (χ0) is 23.5. The van der Waals surface area contributed by atoms with Gasteiger partial charge >= 0.3 is 0 Å². The van der Waals surface area contributed by atoms with Gasteiger partial charge in [0.2, 0.25) is 17.1 Å². The molecule has 2 N–H and O–H groups in total. The van der Waals surface area contributed by atoms with Crippen LogP contribution in [0.4, 0.5) is 14.5 Å². The predicted octanol–water partition coefficient (Wildman–Crippen LogP) is 4.14. The van der Waals surface area contributed by atoms with E-state index in [1.165, 1.54) is 47.3 Å². The first-order valence-corrected chi connectivity index (χ1v) is 10.2. The Morgan fingerprint density at radius 2 is 1.94 bits per heavy atom. The number of anilines is 1. The van der Waals surface area contributed by atoms with E-state index in [0.29, 0.717) is 22.3 Å². The van der Waals surface area contributed by atoms with E-state index in [9.17, 15) is 13.6 Å². The van der Waals surface area contributed by atoms with Gasteiger partial charge in [-0.1, -0.05) is 12.1 Å². The summed E-state index contributed by atoms with van der Waals surface area (Å²) in [4.78, 5) is 20.2. The summed E-state index contributed by atoms with van der Waals surface area (Å²) in [6, 6.07) is 9.57. The number of hydrogen-bond donors (Lipinski definition) is 2. The molecule has 8 nitrogen and oxygen atoms in total. The third-order valence-corrected chi connectivity index (χ3v) is 4.83. The number of benzene rings is 2. The van der Waals surface area contributed by atoms with Crippen molar-refractivity contribution in [3.05, 3.63) is 71.1 Å². The first kappa shape index (κ1) is 22.5. The van der Waals surface area contributed by atoms with Gasteiger partial charge in [-0.15, -0.1) is 0 Å². The lowest BCUT2D eigenvalue weighted by Crippen LogP contribution is -2.35. The van der Waals surface area contributed by atoms with Crippen molar-refractivity contribution in [2.75, 3.05) is 5.32 Å². The van der Waals surface area contributed by atoms with Crippen molar-refractivity contribution >= 4 is 51.6 Å². The number of nitrogens with zero attached hydrogens (tertiary/aromatic N) is 4. The summed E-state index contributed by atoms with van der Waals surface area (Å²) >= 11 is 11.0. The number of amides is 1. The van der Waals surface area contributed by atoms with E-state index < -0.39 is 17.5 Å². The molecule has 0 unspecified atom stereocenters. The molecule has 2 aromatic heterocycles. The van der Waals surface area contributed by atoms with E-state index in [2.05, 4.69) is 25.7 Å². The summed E-state index contributed by atoms with van der Waals surface area (Å²) in [5, 5.41) is 9.66. The molecule has 2 aromatic carbocycles. The second-order valence-corrected chi connectivity index (χ2v) is 7.60. The summed E-state index contributed by atoms with van der Waals surface area (Å²) in [6.07, 6.45) is 1.50. The number of fused-ring (bicyclic) bond motifs is 1. The van der Waals surface area contributed by atoms with Gasteiger partial charge in [-0.25, -0.2) is 8.78 Å². The summed E-state index contributed by atoms with van der Waals surface area (Å²) in [6.45, 7) is 0. The number of carbonyl (C=O) groups excluding carboxylic acids is 1. The van der Waals surface area contributed by atoms with Crippen LogP contribution in [-0.4, -0.2) is 30.8 Å². The predicted molar refractivity (Wildman–Crippen MR) is 122 cm³/mol. The van der Waals surface area contributed by atoms with Crippen LogP contribution in [0, 0.1) is 11.6 Å². The standard InChI is InChI=1S/C21H15ClF2N6O2S/c1-30-18-14(10-25-30)19(29-20(22)28-18)32-16-7-6-13(9-15(16)24)26-21(33)27-17(31)8-11-2-4-12(23)5-3-11/h2-7,9-10H,8H2,1H3,(H2,26,27,31,33). The number of rotatable bonds is 5. The van der Waals surface area contributed by atoms with Crippen molar-refractivity contribution in [3.63, 3.8) is 0 Å². The molecule has 0 aliphatic rings. The Morgan fingerprint density at radius 1 is 1.18 bits per heavy atom. The summed E-state index contributed by atoms with van der Waals surface area (Å²) in [7, 11) is 1.68. The number of halogens is 3. The smallest absolute Gasteiger partial charge is 0.234 e. The number of carbonyl (C=O) groups is 1. The van der Waals surface area contributed by atoms with E-state index in [-0.39, 0.29) is 28.4 Å². The highest BCUT2D eigenvalue weighted by Crippen LogP contribution is 2.30. The molecule has 0 aliphatic heterocycles. The Morgan fingerprint density at radius 3 is 2.67 bits per heavy atom. The van der Waals surface area contributed by atoms with Crippen molar-refractivity contribution < 1.29 is 18.3 Å². The molecular formula is C21H15ClF2N6O2S. The van der Waals surface area contributed by atoms with Crippen LogP contribution in [0.2, 0.25) is 5.28 Å². The Kier molecular flexibility index (Phi) is 6.43. The normalized spacial score (nSPS) is 10.8. The molecule has 12 heteroatoms. The molecule has 0 aliphatic carbocycles. The Balaban J connectivity index is 1.41. The first-order chi connectivity index (χ1) is 15.8. The second kappa shape index (κ2) is 9.43. The van der Waals surface area contributed by atoms with Crippen molar-refractivity contribution in [2.24, 2.45) is 7.05 Å². The fourth-order valence-corrected chi connectivity index (χ4v) is 3.32. The molecule has 4 aromatic rings. The fraction of sp³-hybridized carbons (Fsp3) is 0.0952. The minimum absolute atomic E-state index is 0.00748. The molecule has 2 heterocycles. The number of hydrogen-bond acceptors (Lipinski definition) is 6. The molecule has 0 saturated heterocycles. The molecule has 33 heavy (non-hydrogen) atoms. The van der Waals surface area contributed by atoms with E-state index >= 15 is 0 Å². The zero-order valence-electron chi connectivity index (χ0n) is 17.0. The molecule has 0 fully saturated rings. The summed E-state index contributed by atoms with van der Waals surface area (Å²) in [5.41, 5.74) is 1.35. The maximum absolute atomic E-state index is 14.7. The lowest BCUT2D eigenvalue weighted by atomic mass is 10.1. The quantitative estimate of drug-likeness (QED) is 0.322. The number of thiocarbonyl (C=S) groups is 1. The molecule has 0 bridgehead atoms. The van der Waals surface area contributed by atoms with Gasteiger partial charge in [0.25, 0.3) is 0 Å². The fourth-order valence-electron chi connectivity index (χ4n) is 2.94. The van der Waals surface area contributed by atoms with Gasteiger partial charge in [0.05, 0.1) is 12.6 Å². The monoisotopic (exact) mass is 488 g/mol. The topological polar surface area (TPSA) is 94.0 Å². The maximum Gasteiger partial charge on any atom is 0.234 e. The van der Waals surface area contributed by atoms with E-state index in [4.69, 9.17) is 28.6 Å². The third-order valence-electron chi connectivity index (χ3n) is 4.46. The molecular weight excluding hydrogens is 474 g/mol. The Bertz CT molecular complexity index is 1360. The Labute approximate surface area is 196 Å². The van der Waals surface area contributed by atoms with Gasteiger partial charge < -0.3 is 15.4 Å². The van der Waals surface area contributed by atoms with Gasteiger partial charge in [0.15, 0.2) is 22.3 Å². The highest BCUT2D eigenvalue weighted by Gasteiger charge is 2.15. The lowest BCUT2D eigenvalue weighted by Gasteiger charge is -2.12. The van der Waals surface area contributed by atoms with E-state index in [1.807, 2.05) is 0 Å². The largest absolute Gasteiger partial charge is 0.435 e. The van der Waals surface area contributed by atoms with Gasteiger partial charge in [-0.05, 0) is 53.6 Å². The molecule has 0 radical (unpaired) electrons. The highest BCUT2D eigenvalue weighted by molar-refractivity contribution is 7.80. The van der Waals surface area contributed by atoms with E-state index in [0.717, 1.165) is 6.07 Å². The van der Waals surface area contributed by atoms with Crippen LogP contribution in [0.1, 0.15) is 5.56 Å². The van der Waals surface area contributed by atoms with Crippen LogP contribution < -0.4 is 15.4 Å². The van der Waals surface area contributed by atoms with Crippen LogP contribution in [0.5, 0.6) is 11.6 Å². The van der Waals surface area contributed by atoms with Gasteiger partial charge in [-0.3, -0.25) is 9.48 Å². The third kappa shape index (κ3) is 5.38. The SMILES string of the molecule is Cn1ncc2c(Oc3ccc(NC(=S)NC(=O)Cc4ccc(F)cc4)cc3F)nc(Cl)nc21. The van der Waals surface area contributed by atoms with Crippen LogP contribution in [-0.2, 0) is 18.3 Å². The van der Waals surface area contributed by atoms with Crippen LogP contribution in [0.25, 0.3) is 11.0 Å². The van der Waals surface area contributed by atoms with Crippen LogP contribution in [0.3, 0.4) is 0 Å². The molecule has 4 rings (SSSR count). The van der Waals surface area contributed by atoms with Crippen molar-refractivity contribution in [1.82, 2.24) is 25.1 Å². The second-order valence-electron chi connectivity index (χ2n) is 6.86. The van der Waals surface area contributed by atoms with E-state index in [1.54, 1.807) is 7.05 Å². The number of aromatic nitrogens is 4. The minimum atomic E-state index is -0.702. The number of aryl methyl sites for hydroxylation is 1. The van der Waals surface area contributed by atoms with Crippen LogP contribution >= 0.6 is 23.8 Å². The van der Waals surface area contributed by atoms with Crippen molar-refractivity contribution in [1.29, 1.82) is 0 Å². The average Bonchev–Trinajstić information content (AvgIpc) is 3.12. The summed E-state index contributed by atoms with van der Waals surface area (Å²) in [5.74, 6) is -1.54.